The average molecular weight is 275 g/mol. The Morgan fingerprint density at radius 3 is 1.72 bits per heavy atom. The summed E-state index contributed by atoms with van der Waals surface area (Å²) in [6, 6.07) is 0. The van der Waals surface area contributed by atoms with Crippen LogP contribution >= 0.6 is 11.8 Å². The predicted octanol–water partition coefficient (Wildman–Crippen LogP) is 5.41. The first-order valence-corrected chi connectivity index (χ1v) is 9.12. The van der Waals surface area contributed by atoms with Gasteiger partial charge in [0, 0.05) is 5.25 Å². The van der Waals surface area contributed by atoms with Crippen LogP contribution < -0.4 is 0 Å². The molecule has 0 heterocycles. The second-order valence-electron chi connectivity index (χ2n) is 5.27. The molecule has 0 spiro atoms. The summed E-state index contributed by atoms with van der Waals surface area (Å²) in [6.07, 6.45) is 15.2. The third-order valence-corrected chi connectivity index (χ3v) is 4.99. The van der Waals surface area contributed by atoms with Crippen LogP contribution in [0.1, 0.15) is 84.5 Å². The summed E-state index contributed by atoms with van der Waals surface area (Å²) >= 11 is 1.95. The van der Waals surface area contributed by atoms with Gasteiger partial charge >= 0.3 is 0 Å². The number of aliphatic hydroxyl groups excluding tert-OH is 1. The molecule has 18 heavy (non-hydrogen) atoms. The molecule has 0 radical (unpaired) electrons. The molecule has 0 aromatic heterocycles. The summed E-state index contributed by atoms with van der Waals surface area (Å²) in [5.74, 6) is 1.23. The molecule has 0 aliphatic carbocycles. The van der Waals surface area contributed by atoms with Gasteiger partial charge in [0.2, 0.25) is 0 Å². The third-order valence-electron chi connectivity index (χ3n) is 3.51. The molecule has 0 aliphatic rings. The minimum atomic E-state index is 0.346. The molecule has 0 saturated heterocycles. The van der Waals surface area contributed by atoms with Crippen molar-refractivity contribution in [2.24, 2.45) is 0 Å². The van der Waals surface area contributed by atoms with Crippen LogP contribution in [0, 0.1) is 0 Å². The molecule has 0 bridgehead atoms. The van der Waals surface area contributed by atoms with Gasteiger partial charge in [0.25, 0.3) is 0 Å². The number of thioether (sulfide) groups is 1. The lowest BCUT2D eigenvalue weighted by atomic mass is 10.1. The van der Waals surface area contributed by atoms with Crippen molar-refractivity contribution in [3.63, 3.8) is 0 Å². The molecule has 2 heteroatoms. The molecule has 0 rings (SSSR count). The van der Waals surface area contributed by atoms with Gasteiger partial charge in [0.1, 0.15) is 0 Å². The van der Waals surface area contributed by atoms with Gasteiger partial charge in [-0.25, -0.2) is 0 Å². The van der Waals surface area contributed by atoms with Crippen LogP contribution in [0.3, 0.4) is 0 Å². The second kappa shape index (κ2) is 15.4. The zero-order valence-electron chi connectivity index (χ0n) is 12.6. The van der Waals surface area contributed by atoms with Crippen molar-refractivity contribution >= 4 is 11.8 Å². The van der Waals surface area contributed by atoms with E-state index in [0.717, 1.165) is 6.42 Å². The minimum absolute atomic E-state index is 0.346. The number of rotatable bonds is 14. The van der Waals surface area contributed by atoms with Crippen molar-refractivity contribution in [1.82, 2.24) is 0 Å². The highest BCUT2D eigenvalue weighted by Crippen LogP contribution is 2.17. The van der Waals surface area contributed by atoms with E-state index in [2.05, 4.69) is 13.8 Å². The van der Waals surface area contributed by atoms with Crippen LogP contribution in [-0.2, 0) is 0 Å². The van der Waals surface area contributed by atoms with Gasteiger partial charge in [-0.15, -0.1) is 0 Å². The Kier molecular flexibility index (Phi) is 15.6. The average Bonchev–Trinajstić information content (AvgIpc) is 2.40. The highest BCUT2D eigenvalue weighted by molar-refractivity contribution is 7.99. The van der Waals surface area contributed by atoms with Crippen molar-refractivity contribution in [3.05, 3.63) is 0 Å². The van der Waals surface area contributed by atoms with Crippen LogP contribution in [0.25, 0.3) is 0 Å². The molecule has 0 aromatic carbocycles. The number of unbranched alkanes of at least 4 members (excludes halogenated alkanes) is 9. The van der Waals surface area contributed by atoms with Crippen LogP contribution in [-0.4, -0.2) is 22.7 Å². The van der Waals surface area contributed by atoms with Gasteiger partial charge in [-0.1, -0.05) is 71.6 Å². The molecule has 1 unspecified atom stereocenters. The monoisotopic (exact) mass is 274 g/mol. The van der Waals surface area contributed by atoms with Gasteiger partial charge in [0.05, 0.1) is 6.61 Å². The Bertz CT molecular complexity index is 146. The Morgan fingerprint density at radius 2 is 1.28 bits per heavy atom. The Labute approximate surface area is 119 Å². The fraction of sp³-hybridized carbons (Fsp3) is 1.00. The zero-order valence-corrected chi connectivity index (χ0v) is 13.4. The largest absolute Gasteiger partial charge is 0.395 e. The zero-order chi connectivity index (χ0) is 13.5. The standard InChI is InChI=1S/C16H34OS/c1-3-5-6-7-8-9-10-11-12-13-14-18-16(4-2)15-17/h16-17H,3-15H2,1-2H3. The van der Waals surface area contributed by atoms with Gasteiger partial charge in [-0.05, 0) is 18.6 Å². The smallest absolute Gasteiger partial charge is 0.0549 e. The van der Waals surface area contributed by atoms with E-state index in [4.69, 9.17) is 5.11 Å². The maximum absolute atomic E-state index is 9.07. The topological polar surface area (TPSA) is 20.2 Å². The lowest BCUT2D eigenvalue weighted by Crippen LogP contribution is -2.07. The van der Waals surface area contributed by atoms with E-state index in [1.165, 1.54) is 70.0 Å². The predicted molar refractivity (Wildman–Crippen MR) is 85.5 cm³/mol. The van der Waals surface area contributed by atoms with Crippen LogP contribution in [0.5, 0.6) is 0 Å². The van der Waals surface area contributed by atoms with E-state index in [0.29, 0.717) is 11.9 Å². The summed E-state index contributed by atoms with van der Waals surface area (Å²) in [6.45, 7) is 4.78. The normalized spacial score (nSPS) is 12.8. The molecule has 1 nitrogen and oxygen atoms in total. The van der Waals surface area contributed by atoms with Crippen molar-refractivity contribution in [1.29, 1.82) is 0 Å². The van der Waals surface area contributed by atoms with E-state index >= 15 is 0 Å². The van der Waals surface area contributed by atoms with Gasteiger partial charge in [-0.2, -0.15) is 11.8 Å². The van der Waals surface area contributed by atoms with Crippen molar-refractivity contribution < 1.29 is 5.11 Å². The van der Waals surface area contributed by atoms with Crippen LogP contribution in [0.2, 0.25) is 0 Å². The molecule has 0 aromatic rings. The Morgan fingerprint density at radius 1 is 0.778 bits per heavy atom. The van der Waals surface area contributed by atoms with E-state index in [1.54, 1.807) is 0 Å². The van der Waals surface area contributed by atoms with E-state index in [1.807, 2.05) is 11.8 Å². The van der Waals surface area contributed by atoms with Gasteiger partial charge in [0.15, 0.2) is 0 Å². The second-order valence-corrected chi connectivity index (χ2v) is 6.67. The molecule has 1 atom stereocenters. The summed E-state index contributed by atoms with van der Waals surface area (Å²) in [7, 11) is 0. The highest BCUT2D eigenvalue weighted by Gasteiger charge is 2.03. The fourth-order valence-electron chi connectivity index (χ4n) is 2.14. The number of aliphatic hydroxyl groups is 1. The van der Waals surface area contributed by atoms with Crippen molar-refractivity contribution in [3.8, 4) is 0 Å². The summed E-state index contributed by atoms with van der Waals surface area (Å²) in [4.78, 5) is 0. The van der Waals surface area contributed by atoms with Crippen molar-refractivity contribution in [2.45, 2.75) is 89.7 Å². The summed E-state index contributed by atoms with van der Waals surface area (Å²) in [5.41, 5.74) is 0. The van der Waals surface area contributed by atoms with E-state index < -0.39 is 0 Å². The third kappa shape index (κ3) is 12.8. The first-order valence-electron chi connectivity index (χ1n) is 8.07. The molecule has 0 aliphatic heterocycles. The first kappa shape index (κ1) is 18.3. The molecule has 0 amide bonds. The Balaban J connectivity index is 3.03. The summed E-state index contributed by atoms with van der Waals surface area (Å²) < 4.78 is 0. The first-order chi connectivity index (χ1) is 8.85. The lowest BCUT2D eigenvalue weighted by Gasteiger charge is -2.10. The van der Waals surface area contributed by atoms with E-state index in [-0.39, 0.29) is 0 Å². The summed E-state index contributed by atoms with van der Waals surface area (Å²) in [5, 5.41) is 9.54. The molecule has 0 saturated carbocycles. The fourth-order valence-corrected chi connectivity index (χ4v) is 3.18. The maximum Gasteiger partial charge on any atom is 0.0549 e. The van der Waals surface area contributed by atoms with Crippen molar-refractivity contribution in [2.75, 3.05) is 12.4 Å². The number of hydrogen-bond acceptors (Lipinski definition) is 2. The quantitative estimate of drug-likeness (QED) is 0.427. The molecular weight excluding hydrogens is 240 g/mol. The van der Waals surface area contributed by atoms with Gasteiger partial charge in [-0.3, -0.25) is 0 Å². The Hall–Kier alpha value is 0.310. The van der Waals surface area contributed by atoms with Crippen LogP contribution in [0.4, 0.5) is 0 Å². The molecule has 0 fully saturated rings. The molecular formula is C16H34OS. The minimum Gasteiger partial charge on any atom is -0.395 e. The number of hydrogen-bond donors (Lipinski definition) is 1. The lowest BCUT2D eigenvalue weighted by molar-refractivity contribution is 0.292. The van der Waals surface area contributed by atoms with E-state index in [9.17, 15) is 0 Å². The van der Waals surface area contributed by atoms with Crippen LogP contribution in [0.15, 0.2) is 0 Å². The SMILES string of the molecule is CCCCCCCCCCCCSC(CC)CO. The maximum atomic E-state index is 9.07. The molecule has 1 N–H and O–H groups in total. The molecule has 110 valence electrons. The highest BCUT2D eigenvalue weighted by atomic mass is 32.2. The van der Waals surface area contributed by atoms with Gasteiger partial charge < -0.3 is 5.11 Å².